The first-order valence-corrected chi connectivity index (χ1v) is 36.4. The molecular weight excluding hydrogens is 1350 g/mol. The van der Waals surface area contributed by atoms with Crippen LogP contribution < -0.4 is 27.4 Å². The van der Waals surface area contributed by atoms with Crippen LogP contribution in [0.3, 0.4) is 0 Å². The third-order valence-corrected chi connectivity index (χ3v) is 16.7. The molecule has 0 saturated carbocycles. The maximum atomic E-state index is 12.1. The smallest absolute Gasteiger partial charge is 0.410 e. The van der Waals surface area contributed by atoms with E-state index in [0.29, 0.717) is 49.9 Å². The van der Waals surface area contributed by atoms with Gasteiger partial charge in [-0.1, -0.05) is 66.7 Å². The number of carbonyl (C=O) groups excluding carboxylic acids is 7. The Morgan fingerprint density at radius 2 is 0.914 bits per heavy atom. The number of piperidine rings is 5. The number of amides is 3. The largest absolute Gasteiger partial charge is 0.460 e. The number of nitrogens with two attached hydrogens (primary N) is 2. The van der Waals surface area contributed by atoms with Crippen LogP contribution in [0.15, 0.2) is 177 Å². The van der Waals surface area contributed by atoms with Gasteiger partial charge in [0.2, 0.25) is 11.6 Å². The Hall–Kier alpha value is -9.46. The number of hydrogen-bond acceptors (Lipinski definition) is 21. The molecule has 7 N–H and O–H groups in total. The molecule has 1 aromatic carbocycles. The Morgan fingerprint density at radius 1 is 0.524 bits per heavy atom. The highest BCUT2D eigenvalue weighted by molar-refractivity contribution is 6.61. The van der Waals surface area contributed by atoms with Gasteiger partial charge in [-0.15, -0.1) is 0 Å². The lowest BCUT2D eigenvalue weighted by atomic mass is 9.94. The minimum Gasteiger partial charge on any atom is -0.460 e. The number of ketones is 2. The minimum absolute atomic E-state index is 0.0291. The first-order valence-electron chi connectivity index (χ1n) is 36.1. The predicted octanol–water partition coefficient (Wildman–Crippen LogP) is 12.5. The minimum atomic E-state index is -0.770. The number of nitrogens with one attached hydrogen (secondary N) is 3. The fraction of sp³-hybridized carbons (Fsp3) is 0.463. The van der Waals surface area contributed by atoms with Gasteiger partial charge in [0.15, 0.2) is 0 Å². The second kappa shape index (κ2) is 47.8. The summed E-state index contributed by atoms with van der Waals surface area (Å²) in [5, 5.41) is 9.34. The van der Waals surface area contributed by atoms with Gasteiger partial charge in [-0.05, 0) is 191 Å². The first-order chi connectivity index (χ1) is 50.4. The highest BCUT2D eigenvalue weighted by Crippen LogP contribution is 2.29. The van der Waals surface area contributed by atoms with Crippen LogP contribution in [0.2, 0.25) is 0 Å². The number of rotatable bonds is 11. The number of esters is 1. The van der Waals surface area contributed by atoms with E-state index in [1.165, 1.54) is 57.1 Å². The van der Waals surface area contributed by atoms with Gasteiger partial charge in [0.1, 0.15) is 17.8 Å². The van der Waals surface area contributed by atoms with Gasteiger partial charge in [0, 0.05) is 173 Å². The first kappa shape index (κ1) is 86.2. The summed E-state index contributed by atoms with van der Waals surface area (Å²) in [6.07, 6.45) is 19.9. The summed E-state index contributed by atoms with van der Waals surface area (Å²) >= 11 is 4.97. The highest BCUT2D eigenvalue weighted by Gasteiger charge is 2.31. The number of Topliss-reactive ketones (excluding diaryl/α,β-unsaturated/α-hetero) is 2. The number of aromatic nitrogens is 6. The number of carbonyl (C=O) groups is 7. The molecule has 24 nitrogen and oxygen atoms in total. The number of hydrogen-bond donors (Lipinski definition) is 5. The Kier molecular flexibility index (Phi) is 39.2. The van der Waals surface area contributed by atoms with Gasteiger partial charge in [-0.25, -0.2) is 19.2 Å². The van der Waals surface area contributed by atoms with Gasteiger partial charge in [-0.2, -0.15) is 0 Å². The number of pyridine rings is 6. The zero-order chi connectivity index (χ0) is 76.2. The molecule has 0 unspecified atom stereocenters. The van der Waals surface area contributed by atoms with Crippen LogP contribution in [0, 0.1) is 0 Å². The van der Waals surface area contributed by atoms with Crippen LogP contribution in [-0.4, -0.2) is 164 Å². The predicted molar refractivity (Wildman–Crippen MR) is 406 cm³/mol. The molecule has 5 aliphatic rings. The summed E-state index contributed by atoms with van der Waals surface area (Å²) in [5.41, 5.74) is 16.6. The number of halogens is 1. The number of nitrogens with zero attached hydrogens (tertiary/aromatic N) is 8. The van der Waals surface area contributed by atoms with Crippen LogP contribution in [0.5, 0.6) is 0 Å². The zero-order valence-corrected chi connectivity index (χ0v) is 62.9. The van der Waals surface area contributed by atoms with Crippen molar-refractivity contribution in [2.75, 3.05) is 72.1 Å². The zero-order valence-electron chi connectivity index (χ0n) is 62.2. The maximum absolute atomic E-state index is 12.1. The number of likely N-dealkylation sites (tertiary alicyclic amines) is 2. The van der Waals surface area contributed by atoms with E-state index in [4.69, 9.17) is 32.5 Å². The van der Waals surface area contributed by atoms with E-state index < -0.39 is 34.3 Å². The molecule has 5 saturated heterocycles. The second-order valence-electron chi connectivity index (χ2n) is 27.3. The fourth-order valence-corrected chi connectivity index (χ4v) is 11.3. The maximum Gasteiger partial charge on any atom is 0.410 e. The molecule has 25 heteroatoms. The van der Waals surface area contributed by atoms with Gasteiger partial charge in [0.05, 0.1) is 18.3 Å². The lowest BCUT2D eigenvalue weighted by Crippen LogP contribution is -2.42. The van der Waals surface area contributed by atoms with Crippen LogP contribution in [-0.2, 0) is 44.7 Å². The lowest BCUT2D eigenvalue weighted by Gasteiger charge is -2.33. The van der Waals surface area contributed by atoms with Crippen molar-refractivity contribution in [3.8, 4) is 0 Å². The Balaban J connectivity index is 0.000000219. The average molecular weight is 1460 g/mol. The molecule has 11 heterocycles. The van der Waals surface area contributed by atoms with Gasteiger partial charge in [0.25, 0.3) is 5.91 Å². The van der Waals surface area contributed by atoms with Crippen LogP contribution in [0.1, 0.15) is 189 Å². The van der Waals surface area contributed by atoms with Crippen molar-refractivity contribution < 1.29 is 52.5 Å². The molecule has 0 radical (unpaired) electrons. The van der Waals surface area contributed by atoms with Crippen molar-refractivity contribution >= 4 is 52.7 Å². The van der Waals surface area contributed by atoms with Crippen molar-refractivity contribution in [1.29, 1.82) is 0 Å². The van der Waals surface area contributed by atoms with Crippen molar-refractivity contribution in [2.45, 2.75) is 167 Å². The lowest BCUT2D eigenvalue weighted by molar-refractivity contribution is -0.152. The summed E-state index contributed by atoms with van der Waals surface area (Å²) in [4.78, 5) is 106. The third-order valence-electron chi connectivity index (χ3n) is 16.5. The van der Waals surface area contributed by atoms with E-state index in [-0.39, 0.29) is 49.6 Å². The molecule has 7 aromatic rings. The van der Waals surface area contributed by atoms with E-state index in [0.717, 1.165) is 80.2 Å². The third kappa shape index (κ3) is 35.3. The molecule has 5 aliphatic heterocycles. The van der Waals surface area contributed by atoms with Gasteiger partial charge < -0.3 is 56.2 Å². The molecular formula is C80H108ClN13O11. The molecule has 566 valence electrons. The summed E-state index contributed by atoms with van der Waals surface area (Å²) in [5.74, 6) is -0.185. The summed E-state index contributed by atoms with van der Waals surface area (Å²) < 4.78 is 19.7. The average Bonchev–Trinajstić information content (AvgIpc) is 0.843. The molecule has 12 rings (SSSR count). The molecule has 0 aliphatic carbocycles. The molecule has 6 atom stereocenters. The Morgan fingerprint density at radius 3 is 1.24 bits per heavy atom. The normalized spacial score (nSPS) is 18.5. The molecule has 105 heavy (non-hydrogen) atoms. The quantitative estimate of drug-likeness (QED) is 0.0348. The van der Waals surface area contributed by atoms with Crippen LogP contribution in [0.4, 0.5) is 14.4 Å². The van der Waals surface area contributed by atoms with E-state index in [1.807, 2.05) is 182 Å². The van der Waals surface area contributed by atoms with Gasteiger partial charge in [-0.3, -0.25) is 44.3 Å². The second-order valence-corrected chi connectivity index (χ2v) is 27.6. The van der Waals surface area contributed by atoms with E-state index in [2.05, 4.69) is 79.6 Å². The fourth-order valence-electron chi connectivity index (χ4n) is 11.3. The highest BCUT2D eigenvalue weighted by atomic mass is 35.5. The topological polar surface area (TPSA) is 328 Å². The van der Waals surface area contributed by atoms with E-state index in [9.17, 15) is 33.6 Å². The summed E-state index contributed by atoms with van der Waals surface area (Å²) in [6.45, 7) is 23.1. The molecule has 0 bridgehead atoms. The van der Waals surface area contributed by atoms with Crippen molar-refractivity contribution in [3.05, 3.63) is 216 Å². The molecule has 6 aromatic heterocycles. The Bertz CT molecular complexity index is 3460. The van der Waals surface area contributed by atoms with Crippen molar-refractivity contribution in [2.24, 2.45) is 11.5 Å². The SMILES string of the molecule is CC(C)(C)OC(=O)N1CCC[C@@H](c2ccccn2)C1.CC(C)(C)OC(=O)N1CCC[C@@H](c2ccccn2)C1.CCOC(=O)C(C)=O.NC[C@@H](N)c1ccccn1.O=C(Cl)OCc1ccccc1.O=C1C[C@@H](c2ccccn2)CNC1=O.c1ccc([C@@H]2CCCNC2)nc1.c1ccc([C@@H]2CCCNC2)nc1. The summed E-state index contributed by atoms with van der Waals surface area (Å²) in [6, 6.07) is 44.6. The molecule has 5 fully saturated rings. The van der Waals surface area contributed by atoms with Gasteiger partial charge >= 0.3 is 23.6 Å². The van der Waals surface area contributed by atoms with Crippen molar-refractivity contribution in [1.82, 2.24) is 55.7 Å². The van der Waals surface area contributed by atoms with E-state index in [1.54, 1.807) is 29.1 Å². The number of ether oxygens (including phenoxy) is 4. The molecule has 3 amide bonds. The van der Waals surface area contributed by atoms with E-state index >= 15 is 0 Å². The van der Waals surface area contributed by atoms with Crippen LogP contribution >= 0.6 is 11.6 Å². The summed E-state index contributed by atoms with van der Waals surface area (Å²) in [7, 11) is 0. The monoisotopic (exact) mass is 1460 g/mol. The standard InChI is InChI=1S/2C15H22N2O2.C10H10N2O2.2C10H14N2.C8H7ClO2.C7H11N3.C5H8O3/c2*1-15(2,3)19-14(18)17-10-6-7-12(11-17)13-8-4-5-9-16-13;13-9-5-7(6-12-10(9)14)8-3-1-2-4-11-8;2*1-2-7-12-10(5-1)9-4-3-6-11-8-9;9-8(10)11-6-7-4-2-1-3-5-7;8-5-6(9)7-3-1-2-4-10-7;1-3-8-5(7)4(2)6/h2*4-5,8-9,12H,6-7,10-11H2,1-3H3;1-4,7H,5-6H2,(H,12,14);2*1-2,5,7,9,11H,3-4,6,8H2;1-5H,6H2;1-4,6H,5,8-9H2;3H2,1-2H3/t2*12-;7-;2*9-;;6-;/m11111.1./s1. The number of benzene rings is 1. The van der Waals surface area contributed by atoms with Crippen molar-refractivity contribution in [3.63, 3.8) is 0 Å². The Labute approximate surface area is 624 Å². The van der Waals surface area contributed by atoms with Crippen LogP contribution in [0.25, 0.3) is 0 Å². The molecule has 0 spiro atoms.